The second-order valence-corrected chi connectivity index (χ2v) is 4.81. The van der Waals surface area contributed by atoms with Crippen LogP contribution in [0.5, 0.6) is 0 Å². The topological polar surface area (TPSA) is 111 Å². The summed E-state index contributed by atoms with van der Waals surface area (Å²) >= 11 is 0. The minimum atomic E-state index is -0.408. The van der Waals surface area contributed by atoms with E-state index >= 15 is 0 Å². The Hall–Kier alpha value is -2.51. The number of hydrogen-bond donors (Lipinski definition) is 3. The normalized spacial score (nSPS) is 10.8. The Labute approximate surface area is 121 Å². The third-order valence-corrected chi connectivity index (χ3v) is 3.28. The molecule has 21 heavy (non-hydrogen) atoms. The van der Waals surface area contributed by atoms with E-state index in [1.54, 1.807) is 12.5 Å². The van der Waals surface area contributed by atoms with E-state index in [9.17, 15) is 9.59 Å². The van der Waals surface area contributed by atoms with Crippen molar-refractivity contribution in [3.63, 3.8) is 0 Å². The highest BCUT2D eigenvalue weighted by atomic mass is 16.2. The van der Waals surface area contributed by atoms with Gasteiger partial charge in [-0.2, -0.15) is 0 Å². The molecule has 0 saturated carbocycles. The highest BCUT2D eigenvalue weighted by Crippen LogP contribution is 2.11. The fourth-order valence-electron chi connectivity index (χ4n) is 2.13. The van der Waals surface area contributed by atoms with E-state index in [0.717, 1.165) is 16.7 Å². The summed E-state index contributed by atoms with van der Waals surface area (Å²) in [6.45, 7) is 2.95. The monoisotopic (exact) mass is 292 g/mol. The van der Waals surface area contributed by atoms with Crippen molar-refractivity contribution in [2.24, 2.45) is 7.05 Å². The van der Waals surface area contributed by atoms with Gasteiger partial charge in [-0.25, -0.2) is 9.78 Å². The number of rotatable bonds is 6. The lowest BCUT2D eigenvalue weighted by molar-refractivity contribution is 0.600. The first kappa shape index (κ1) is 14.9. The molecule has 0 aliphatic heterocycles. The maximum absolute atomic E-state index is 12.1. The summed E-state index contributed by atoms with van der Waals surface area (Å²) < 4.78 is 2.49. The van der Waals surface area contributed by atoms with Crippen molar-refractivity contribution in [1.82, 2.24) is 19.1 Å². The first-order valence-corrected chi connectivity index (χ1v) is 6.86. The van der Waals surface area contributed by atoms with Crippen molar-refractivity contribution in [2.75, 3.05) is 17.6 Å². The Balaban J connectivity index is 2.26. The number of anilines is 2. The first-order valence-electron chi connectivity index (χ1n) is 6.86. The maximum atomic E-state index is 12.1. The Morgan fingerprint density at radius 2 is 2.19 bits per heavy atom. The lowest BCUT2D eigenvalue weighted by atomic mass is 10.3. The predicted octanol–water partition coefficient (Wildman–Crippen LogP) is -0.0831. The third-order valence-electron chi connectivity index (χ3n) is 3.28. The highest BCUT2D eigenvalue weighted by molar-refractivity contribution is 5.60. The molecule has 0 fully saturated rings. The SMILES string of the molecule is CCCn1c(N)c(NCCc2cnc[nH]2)c(=O)n(C)c1=O. The molecule has 0 bridgehead atoms. The number of nitrogen functional groups attached to an aromatic ring is 1. The molecule has 8 nitrogen and oxygen atoms in total. The van der Waals surface area contributed by atoms with Crippen molar-refractivity contribution in [1.29, 1.82) is 0 Å². The molecule has 0 saturated heterocycles. The molecule has 0 aromatic carbocycles. The van der Waals surface area contributed by atoms with Gasteiger partial charge in [-0.3, -0.25) is 13.9 Å². The van der Waals surface area contributed by atoms with Crippen LogP contribution in [0.2, 0.25) is 0 Å². The average molecular weight is 292 g/mol. The van der Waals surface area contributed by atoms with Crippen LogP contribution in [0.4, 0.5) is 11.5 Å². The standard InChI is InChI=1S/C13H20N6O2/c1-3-6-19-11(14)10(12(20)18(2)13(19)21)16-5-4-9-7-15-8-17-9/h7-8,16H,3-6,14H2,1-2H3,(H,15,17). The summed E-state index contributed by atoms with van der Waals surface area (Å²) in [5, 5.41) is 3.02. The molecule has 0 aliphatic carbocycles. The van der Waals surface area contributed by atoms with Crippen LogP contribution in [0.3, 0.4) is 0 Å². The van der Waals surface area contributed by atoms with Crippen LogP contribution in [-0.4, -0.2) is 25.6 Å². The second-order valence-electron chi connectivity index (χ2n) is 4.81. The molecule has 0 amide bonds. The zero-order valence-electron chi connectivity index (χ0n) is 12.2. The summed E-state index contributed by atoms with van der Waals surface area (Å²) in [5.41, 5.74) is 6.39. The van der Waals surface area contributed by atoms with Crippen LogP contribution in [0.1, 0.15) is 19.0 Å². The van der Waals surface area contributed by atoms with Gasteiger partial charge in [0.2, 0.25) is 0 Å². The summed E-state index contributed by atoms with van der Waals surface area (Å²) in [6, 6.07) is 0. The Bertz CT molecular complexity index is 713. The molecule has 0 spiro atoms. The molecule has 0 unspecified atom stereocenters. The molecule has 8 heteroatoms. The lowest BCUT2D eigenvalue weighted by Gasteiger charge is -2.15. The van der Waals surface area contributed by atoms with E-state index in [1.165, 1.54) is 11.6 Å². The molecule has 2 aromatic heterocycles. The molecule has 0 aliphatic rings. The quantitative estimate of drug-likeness (QED) is 0.689. The third kappa shape index (κ3) is 2.99. The number of nitrogens with one attached hydrogen (secondary N) is 2. The van der Waals surface area contributed by atoms with Crippen molar-refractivity contribution in [3.8, 4) is 0 Å². The van der Waals surface area contributed by atoms with Gasteiger partial charge in [0.1, 0.15) is 11.5 Å². The Morgan fingerprint density at radius 3 is 2.81 bits per heavy atom. The van der Waals surface area contributed by atoms with Crippen molar-refractivity contribution in [2.45, 2.75) is 26.3 Å². The zero-order valence-corrected chi connectivity index (χ0v) is 12.2. The van der Waals surface area contributed by atoms with E-state index in [0.29, 0.717) is 19.5 Å². The van der Waals surface area contributed by atoms with E-state index in [-0.39, 0.29) is 11.5 Å². The number of nitrogens with two attached hydrogens (primary N) is 1. The predicted molar refractivity (Wildman–Crippen MR) is 81.4 cm³/mol. The van der Waals surface area contributed by atoms with E-state index in [4.69, 9.17) is 5.73 Å². The smallest absolute Gasteiger partial charge is 0.332 e. The van der Waals surface area contributed by atoms with Crippen molar-refractivity contribution >= 4 is 11.5 Å². The molecule has 114 valence electrons. The van der Waals surface area contributed by atoms with Gasteiger partial charge in [0.25, 0.3) is 5.56 Å². The lowest BCUT2D eigenvalue weighted by Crippen LogP contribution is -2.41. The zero-order chi connectivity index (χ0) is 15.4. The number of hydrogen-bond acceptors (Lipinski definition) is 5. The van der Waals surface area contributed by atoms with Crippen LogP contribution >= 0.6 is 0 Å². The van der Waals surface area contributed by atoms with E-state index in [1.807, 2.05) is 6.92 Å². The molecule has 4 N–H and O–H groups in total. The summed E-state index contributed by atoms with van der Waals surface area (Å²) in [7, 11) is 1.45. The number of imidazole rings is 1. The van der Waals surface area contributed by atoms with Gasteiger partial charge < -0.3 is 16.0 Å². The molecule has 2 rings (SSSR count). The number of aromatic amines is 1. The van der Waals surface area contributed by atoms with Crippen LogP contribution < -0.4 is 22.3 Å². The minimum Gasteiger partial charge on any atom is -0.383 e. The molecular weight excluding hydrogens is 272 g/mol. The van der Waals surface area contributed by atoms with Crippen molar-refractivity contribution < 1.29 is 0 Å². The summed E-state index contributed by atoms with van der Waals surface area (Å²) in [6.07, 6.45) is 4.76. The number of nitrogens with zero attached hydrogens (tertiary/aromatic N) is 3. The van der Waals surface area contributed by atoms with Gasteiger partial charge in [-0.15, -0.1) is 0 Å². The van der Waals surface area contributed by atoms with Gasteiger partial charge in [-0.05, 0) is 6.42 Å². The van der Waals surface area contributed by atoms with Crippen LogP contribution in [0, 0.1) is 0 Å². The summed E-state index contributed by atoms with van der Waals surface area (Å²) in [4.78, 5) is 31.1. The highest BCUT2D eigenvalue weighted by Gasteiger charge is 2.14. The fraction of sp³-hybridized carbons (Fsp3) is 0.462. The van der Waals surface area contributed by atoms with Crippen LogP contribution in [0.15, 0.2) is 22.1 Å². The second kappa shape index (κ2) is 6.29. The Kier molecular flexibility index (Phi) is 4.46. The van der Waals surface area contributed by atoms with Gasteiger partial charge in [0, 0.05) is 38.4 Å². The van der Waals surface area contributed by atoms with E-state index < -0.39 is 11.2 Å². The van der Waals surface area contributed by atoms with Crippen LogP contribution in [0.25, 0.3) is 0 Å². The van der Waals surface area contributed by atoms with Crippen LogP contribution in [-0.2, 0) is 20.0 Å². The van der Waals surface area contributed by atoms with Crippen molar-refractivity contribution in [3.05, 3.63) is 39.1 Å². The fourth-order valence-corrected chi connectivity index (χ4v) is 2.13. The molecular formula is C13H20N6O2. The molecule has 0 atom stereocenters. The number of aromatic nitrogens is 4. The summed E-state index contributed by atoms with van der Waals surface area (Å²) in [5.74, 6) is 0.189. The minimum absolute atomic E-state index is 0.189. The first-order chi connectivity index (χ1) is 10.1. The largest absolute Gasteiger partial charge is 0.383 e. The molecule has 2 aromatic rings. The maximum Gasteiger partial charge on any atom is 0.332 e. The van der Waals surface area contributed by atoms with Gasteiger partial charge in [0.05, 0.1) is 6.33 Å². The Morgan fingerprint density at radius 1 is 1.43 bits per heavy atom. The van der Waals surface area contributed by atoms with Gasteiger partial charge in [0.15, 0.2) is 0 Å². The molecule has 0 radical (unpaired) electrons. The van der Waals surface area contributed by atoms with Gasteiger partial charge >= 0.3 is 5.69 Å². The molecule has 2 heterocycles. The average Bonchev–Trinajstić information content (AvgIpc) is 2.98. The van der Waals surface area contributed by atoms with Gasteiger partial charge in [-0.1, -0.05) is 6.92 Å². The number of H-pyrrole nitrogens is 1. The van der Waals surface area contributed by atoms with E-state index in [2.05, 4.69) is 15.3 Å².